The minimum Gasteiger partial charge on any atom is -0.354 e. The normalized spacial score (nSPS) is 13.1. The Bertz CT molecular complexity index is 3530. The van der Waals surface area contributed by atoms with Crippen LogP contribution in [0.3, 0.4) is 0 Å². The van der Waals surface area contributed by atoms with Gasteiger partial charge in [0.05, 0.1) is 5.52 Å². The number of hydrogen-bond acceptors (Lipinski definition) is 3. The Morgan fingerprint density at radius 1 is 0.388 bits per heavy atom. The summed E-state index contributed by atoms with van der Waals surface area (Å²) in [4.78, 5) is 19.0. The molecule has 0 aliphatic heterocycles. The number of aromatic nitrogens is 4. The van der Waals surface area contributed by atoms with Gasteiger partial charge < -0.3 is 4.98 Å². The first-order valence-corrected chi connectivity index (χ1v) is 23.3. The van der Waals surface area contributed by atoms with Crippen molar-refractivity contribution in [3.05, 3.63) is 246 Å². The first kappa shape index (κ1) is 40.3. The molecule has 2 heterocycles. The highest BCUT2D eigenvalue weighted by atomic mass is 15.0. The molecule has 12 rings (SSSR count). The molecule has 1 aliphatic rings. The molecule has 1 atom stereocenters. The average Bonchev–Trinajstić information content (AvgIpc) is 3.89. The molecule has 11 aromatic rings. The van der Waals surface area contributed by atoms with Crippen LogP contribution in [0.2, 0.25) is 0 Å². The van der Waals surface area contributed by atoms with E-state index in [-0.39, 0.29) is 11.3 Å². The first-order chi connectivity index (χ1) is 32.9. The zero-order valence-electron chi connectivity index (χ0n) is 37.6. The van der Waals surface area contributed by atoms with Crippen molar-refractivity contribution in [3.8, 4) is 67.5 Å². The summed E-state index contributed by atoms with van der Waals surface area (Å²) in [7, 11) is 0. The summed E-state index contributed by atoms with van der Waals surface area (Å²) in [6, 6.07) is 78.5. The van der Waals surface area contributed by atoms with Crippen LogP contribution in [-0.2, 0) is 18.3 Å². The average molecular weight is 861 g/mol. The number of nitrogens with zero attached hydrogens (tertiary/aromatic N) is 3. The number of para-hydroxylation sites is 2. The lowest BCUT2D eigenvalue weighted by Gasteiger charge is -2.23. The zero-order chi connectivity index (χ0) is 44.9. The molecule has 9 aromatic carbocycles. The number of fused-ring (bicyclic) bond motifs is 6. The quantitative estimate of drug-likeness (QED) is 0.149. The monoisotopic (exact) mass is 860 g/mol. The molecule has 4 heteroatoms. The van der Waals surface area contributed by atoms with Crippen molar-refractivity contribution >= 4 is 21.8 Å². The van der Waals surface area contributed by atoms with E-state index in [1.165, 1.54) is 66.4 Å². The highest BCUT2D eigenvalue weighted by Gasteiger charge is 2.35. The minimum atomic E-state index is -0.0521. The summed E-state index contributed by atoms with van der Waals surface area (Å²) in [5.74, 6) is 2.18. The van der Waals surface area contributed by atoms with Crippen LogP contribution in [0.5, 0.6) is 0 Å². The van der Waals surface area contributed by atoms with E-state index in [1.807, 2.05) is 60.7 Å². The molecule has 0 saturated heterocycles. The van der Waals surface area contributed by atoms with E-state index in [0.717, 1.165) is 46.2 Å². The minimum absolute atomic E-state index is 0.0521. The second-order valence-electron chi connectivity index (χ2n) is 18.5. The maximum Gasteiger partial charge on any atom is 0.164 e. The molecule has 0 amide bonds. The van der Waals surface area contributed by atoms with Crippen molar-refractivity contribution in [3.63, 3.8) is 0 Å². The van der Waals surface area contributed by atoms with E-state index in [0.29, 0.717) is 17.5 Å². The second-order valence-corrected chi connectivity index (χ2v) is 18.5. The Labute approximate surface area is 391 Å². The largest absolute Gasteiger partial charge is 0.354 e. The number of benzene rings is 9. The van der Waals surface area contributed by atoms with Gasteiger partial charge in [0.15, 0.2) is 17.5 Å². The Morgan fingerprint density at radius 2 is 0.910 bits per heavy atom. The number of H-pyrrole nitrogens is 1. The van der Waals surface area contributed by atoms with Crippen LogP contribution in [-0.4, -0.2) is 19.9 Å². The molecule has 2 aromatic heterocycles. The number of rotatable bonds is 10. The Balaban J connectivity index is 0.927. The van der Waals surface area contributed by atoms with Crippen LogP contribution in [0.25, 0.3) is 89.4 Å². The molecule has 1 N–H and O–H groups in total. The number of aromatic amines is 1. The summed E-state index contributed by atoms with van der Waals surface area (Å²) in [5.41, 5.74) is 19.4. The molecular weight excluding hydrogens is 813 g/mol. The van der Waals surface area contributed by atoms with Crippen LogP contribution in [0, 0.1) is 0 Å². The van der Waals surface area contributed by atoms with Crippen LogP contribution < -0.4 is 0 Å². The molecule has 4 nitrogen and oxygen atoms in total. The van der Waals surface area contributed by atoms with Crippen molar-refractivity contribution in [2.24, 2.45) is 0 Å². The van der Waals surface area contributed by atoms with E-state index in [1.54, 1.807) is 0 Å². The van der Waals surface area contributed by atoms with Gasteiger partial charge in [0.1, 0.15) is 0 Å². The number of nitrogens with one attached hydrogen (secondary N) is 1. The highest BCUT2D eigenvalue weighted by molar-refractivity contribution is 6.12. The van der Waals surface area contributed by atoms with Crippen molar-refractivity contribution in [1.82, 2.24) is 19.9 Å². The molecule has 67 heavy (non-hydrogen) atoms. The fourth-order valence-electron chi connectivity index (χ4n) is 10.5. The van der Waals surface area contributed by atoms with Gasteiger partial charge in [-0.1, -0.05) is 226 Å². The lowest BCUT2D eigenvalue weighted by molar-refractivity contribution is 0.652. The highest BCUT2D eigenvalue weighted by Crippen LogP contribution is 2.49. The molecule has 1 unspecified atom stereocenters. The van der Waals surface area contributed by atoms with Gasteiger partial charge in [0, 0.05) is 44.0 Å². The van der Waals surface area contributed by atoms with Gasteiger partial charge in [-0.3, -0.25) is 0 Å². The molecular formula is C63H48N4. The summed E-state index contributed by atoms with van der Waals surface area (Å²) in [6.45, 7) is 4.75. The van der Waals surface area contributed by atoms with Gasteiger partial charge in [-0.25, -0.2) is 15.0 Å². The third kappa shape index (κ3) is 7.41. The predicted molar refractivity (Wildman–Crippen MR) is 277 cm³/mol. The van der Waals surface area contributed by atoms with Crippen LogP contribution in [0.15, 0.2) is 218 Å². The lowest BCUT2D eigenvalue weighted by atomic mass is 9.80. The summed E-state index contributed by atoms with van der Waals surface area (Å²) in [5, 5.41) is 2.44. The Hall–Kier alpha value is -8.21. The van der Waals surface area contributed by atoms with Gasteiger partial charge in [-0.15, -0.1) is 0 Å². The fraction of sp³-hybridized carbons (Fsp3) is 0.0952. The third-order valence-electron chi connectivity index (χ3n) is 14.0. The molecule has 0 saturated carbocycles. The van der Waals surface area contributed by atoms with Gasteiger partial charge in [-0.2, -0.15) is 0 Å². The molecule has 0 fully saturated rings. The Kier molecular flexibility index (Phi) is 10.0. The standard InChI is InChI=1S/C63H48N4/c1-63(2)56-30-13-12-26-52(56)53-36-31-41(38-57(53)63)37-50(44-34-32-43(33-35-44)42-17-6-3-7-18-42)40-48-24-15-28-54-55-29-16-27-51(59(55)64-58(48)54)47-23-14-25-49(39-47)62-66-60(45-19-8-4-9-20-45)65-61(67-62)46-21-10-5-11-22-46/h3-36,38-39,50,64H,37,40H2,1-2H3. The molecule has 1 aliphatic carbocycles. The van der Waals surface area contributed by atoms with Crippen LogP contribution in [0.1, 0.15) is 47.6 Å². The smallest absolute Gasteiger partial charge is 0.164 e. The van der Waals surface area contributed by atoms with E-state index < -0.39 is 0 Å². The fourth-order valence-corrected chi connectivity index (χ4v) is 10.5. The maximum atomic E-state index is 5.05. The molecule has 320 valence electrons. The second kappa shape index (κ2) is 16.7. The topological polar surface area (TPSA) is 54.5 Å². The van der Waals surface area contributed by atoms with E-state index in [2.05, 4.69) is 177 Å². The van der Waals surface area contributed by atoms with Crippen molar-refractivity contribution in [2.45, 2.75) is 38.0 Å². The molecule has 0 spiro atoms. The summed E-state index contributed by atoms with van der Waals surface area (Å²) in [6.07, 6.45) is 1.81. The molecule has 0 radical (unpaired) electrons. The van der Waals surface area contributed by atoms with Crippen molar-refractivity contribution < 1.29 is 0 Å². The van der Waals surface area contributed by atoms with E-state index in [9.17, 15) is 0 Å². The number of hydrogen-bond donors (Lipinski definition) is 1. The first-order valence-electron chi connectivity index (χ1n) is 23.3. The van der Waals surface area contributed by atoms with Crippen LogP contribution in [0.4, 0.5) is 0 Å². The van der Waals surface area contributed by atoms with Gasteiger partial charge in [-0.05, 0) is 80.5 Å². The zero-order valence-corrected chi connectivity index (χ0v) is 37.6. The summed E-state index contributed by atoms with van der Waals surface area (Å²) >= 11 is 0. The summed E-state index contributed by atoms with van der Waals surface area (Å²) < 4.78 is 0. The maximum absolute atomic E-state index is 5.05. The van der Waals surface area contributed by atoms with Gasteiger partial charge in [0.2, 0.25) is 0 Å². The van der Waals surface area contributed by atoms with Crippen molar-refractivity contribution in [1.29, 1.82) is 0 Å². The van der Waals surface area contributed by atoms with Crippen molar-refractivity contribution in [2.75, 3.05) is 0 Å². The molecule has 0 bridgehead atoms. The lowest BCUT2D eigenvalue weighted by Crippen LogP contribution is -2.15. The predicted octanol–water partition coefficient (Wildman–Crippen LogP) is 15.7. The van der Waals surface area contributed by atoms with E-state index >= 15 is 0 Å². The van der Waals surface area contributed by atoms with Crippen LogP contribution >= 0.6 is 0 Å². The SMILES string of the molecule is CC1(C)c2ccccc2-c2ccc(CC(Cc3cccc4c3[nH]c3c(-c5cccc(-c6nc(-c7ccccc7)nc(-c7ccccc7)n6)c5)cccc34)c3ccc(-c4ccccc4)cc3)cc21. The van der Waals surface area contributed by atoms with Gasteiger partial charge >= 0.3 is 0 Å². The third-order valence-corrected chi connectivity index (χ3v) is 14.0. The Morgan fingerprint density at radius 3 is 1.61 bits per heavy atom. The van der Waals surface area contributed by atoms with Gasteiger partial charge in [0.25, 0.3) is 0 Å². The van der Waals surface area contributed by atoms with E-state index in [4.69, 9.17) is 15.0 Å².